The van der Waals surface area contributed by atoms with Crippen molar-refractivity contribution in [3.63, 3.8) is 0 Å². The molecule has 0 unspecified atom stereocenters. The van der Waals surface area contributed by atoms with E-state index in [4.69, 9.17) is 16.3 Å². The zero-order chi connectivity index (χ0) is 19.6. The van der Waals surface area contributed by atoms with E-state index >= 15 is 0 Å². The van der Waals surface area contributed by atoms with Crippen LogP contribution >= 0.6 is 11.6 Å². The number of halogens is 1. The minimum Gasteiger partial charge on any atom is -0.511 e. The van der Waals surface area contributed by atoms with E-state index < -0.39 is 27.8 Å². The average molecular weight is 388 g/mol. The Morgan fingerprint density at radius 2 is 1.85 bits per heavy atom. The van der Waals surface area contributed by atoms with E-state index in [1.807, 2.05) is 0 Å². The van der Waals surface area contributed by atoms with E-state index in [-0.39, 0.29) is 29.9 Å². The van der Waals surface area contributed by atoms with Gasteiger partial charge in [-0.05, 0) is 42.8 Å². The Morgan fingerprint density at radius 3 is 2.48 bits per heavy atom. The predicted molar refractivity (Wildman–Crippen MR) is 97.5 cm³/mol. The molecule has 0 aromatic heterocycles. The summed E-state index contributed by atoms with van der Waals surface area (Å²) in [7, 11) is 0. The highest BCUT2D eigenvalue weighted by atomic mass is 35.5. The number of benzene rings is 2. The van der Waals surface area contributed by atoms with Gasteiger partial charge in [0, 0.05) is 17.9 Å². The molecule has 1 aliphatic rings. The van der Waals surface area contributed by atoms with Crippen LogP contribution in [0.3, 0.4) is 0 Å². The molecule has 0 heterocycles. The van der Waals surface area contributed by atoms with Crippen LogP contribution in [0, 0.1) is 10.1 Å². The number of ether oxygens (including phenoxy) is 1. The van der Waals surface area contributed by atoms with Gasteiger partial charge in [-0.2, -0.15) is 0 Å². The van der Waals surface area contributed by atoms with E-state index in [0.29, 0.717) is 17.2 Å². The van der Waals surface area contributed by atoms with Crippen LogP contribution < -0.4 is 4.74 Å². The second-order valence-corrected chi connectivity index (χ2v) is 6.33. The van der Waals surface area contributed by atoms with Gasteiger partial charge in [-0.1, -0.05) is 17.7 Å². The number of nitro groups is 1. The van der Waals surface area contributed by atoms with Crippen molar-refractivity contribution in [2.24, 2.45) is 0 Å². The van der Waals surface area contributed by atoms with E-state index in [0.717, 1.165) is 0 Å². The molecule has 0 spiro atoms. The number of ketones is 2. The number of hydrogen-bond donors (Lipinski definition) is 1. The first-order chi connectivity index (χ1) is 12.9. The molecule has 0 radical (unpaired) electrons. The lowest BCUT2D eigenvalue weighted by Crippen LogP contribution is -2.20. The number of carbonyl (C=O) groups is 2. The Balaban J connectivity index is 2.06. The quantitative estimate of drug-likeness (QED) is 0.342. The van der Waals surface area contributed by atoms with Crippen LogP contribution in [0.2, 0.25) is 5.02 Å². The number of para-hydroxylation sites is 1. The Hall–Kier alpha value is -3.19. The van der Waals surface area contributed by atoms with Crippen LogP contribution in [0.1, 0.15) is 29.6 Å². The van der Waals surface area contributed by atoms with Crippen LogP contribution in [-0.2, 0) is 4.79 Å². The summed E-state index contributed by atoms with van der Waals surface area (Å²) in [5, 5.41) is 22.1. The third kappa shape index (κ3) is 3.83. The fourth-order valence-electron chi connectivity index (χ4n) is 2.83. The number of aliphatic hydroxyl groups excluding tert-OH is 1. The molecule has 27 heavy (non-hydrogen) atoms. The van der Waals surface area contributed by atoms with Crippen molar-refractivity contribution in [2.75, 3.05) is 0 Å². The van der Waals surface area contributed by atoms with Crippen molar-refractivity contribution in [1.82, 2.24) is 0 Å². The first kappa shape index (κ1) is 18.6. The Labute approximate surface area is 159 Å². The molecule has 0 saturated carbocycles. The van der Waals surface area contributed by atoms with Crippen LogP contribution in [0.4, 0.5) is 5.69 Å². The molecule has 0 bridgehead atoms. The molecule has 138 valence electrons. The summed E-state index contributed by atoms with van der Waals surface area (Å²) < 4.78 is 5.54. The fraction of sp³-hybridized carbons (Fsp3) is 0.158. The summed E-state index contributed by atoms with van der Waals surface area (Å²) in [6.07, 6.45) is 0.727. The average Bonchev–Trinajstić information content (AvgIpc) is 2.63. The summed E-state index contributed by atoms with van der Waals surface area (Å²) >= 11 is 5.81. The molecule has 7 nitrogen and oxygen atoms in total. The molecule has 1 aliphatic carbocycles. The highest BCUT2D eigenvalue weighted by molar-refractivity contribution is 6.30. The summed E-state index contributed by atoms with van der Waals surface area (Å²) in [6, 6.07) is 10.2. The first-order valence-electron chi connectivity index (χ1n) is 8.09. The molecule has 1 N–H and O–H groups in total. The predicted octanol–water partition coefficient (Wildman–Crippen LogP) is 4.79. The Morgan fingerprint density at radius 1 is 1.15 bits per heavy atom. The molecular formula is C19H14ClNO6. The van der Waals surface area contributed by atoms with Gasteiger partial charge in [-0.25, -0.2) is 0 Å². The maximum atomic E-state index is 12.8. The maximum absolute atomic E-state index is 12.8. The molecule has 3 rings (SSSR count). The zero-order valence-electron chi connectivity index (χ0n) is 14.0. The molecule has 2 aromatic rings. The van der Waals surface area contributed by atoms with Crippen LogP contribution in [0.5, 0.6) is 11.5 Å². The minimum atomic E-state index is -0.884. The van der Waals surface area contributed by atoms with Crippen LogP contribution in [0.15, 0.2) is 53.8 Å². The van der Waals surface area contributed by atoms with Crippen molar-refractivity contribution in [3.05, 3.63) is 74.5 Å². The van der Waals surface area contributed by atoms with Gasteiger partial charge < -0.3 is 9.84 Å². The van der Waals surface area contributed by atoms with Crippen LogP contribution in [-0.4, -0.2) is 21.6 Å². The van der Waals surface area contributed by atoms with Gasteiger partial charge >= 0.3 is 5.69 Å². The smallest absolute Gasteiger partial charge is 0.322 e. The lowest BCUT2D eigenvalue weighted by atomic mass is 9.90. The van der Waals surface area contributed by atoms with Gasteiger partial charge in [0.1, 0.15) is 22.6 Å². The van der Waals surface area contributed by atoms with Crippen molar-refractivity contribution in [3.8, 4) is 11.5 Å². The normalized spacial score (nSPS) is 14.2. The van der Waals surface area contributed by atoms with Gasteiger partial charge in [0.05, 0.1) is 4.92 Å². The minimum absolute atomic E-state index is 0.111. The third-order valence-electron chi connectivity index (χ3n) is 4.08. The van der Waals surface area contributed by atoms with E-state index in [1.54, 1.807) is 12.1 Å². The zero-order valence-corrected chi connectivity index (χ0v) is 14.7. The standard InChI is InChI=1S/C19H14ClNO6/c20-11-7-9-12(10-8-11)27-16-6-1-3-13(18(16)21(25)26)19(24)17-14(22)4-2-5-15(17)23/h1,3,6-10,22H,2,4-5H2. The lowest BCUT2D eigenvalue weighted by Gasteiger charge is -2.15. The van der Waals surface area contributed by atoms with Gasteiger partial charge in [0.2, 0.25) is 11.5 Å². The molecular weight excluding hydrogens is 374 g/mol. The van der Waals surface area contributed by atoms with Gasteiger partial charge in [-0.3, -0.25) is 19.7 Å². The highest BCUT2D eigenvalue weighted by Crippen LogP contribution is 2.36. The topological polar surface area (TPSA) is 107 Å². The number of carbonyl (C=O) groups excluding carboxylic acids is 2. The van der Waals surface area contributed by atoms with E-state index in [1.165, 1.54) is 30.3 Å². The number of allylic oxidation sites excluding steroid dienone is 2. The highest BCUT2D eigenvalue weighted by Gasteiger charge is 2.33. The second-order valence-electron chi connectivity index (χ2n) is 5.89. The molecule has 0 fully saturated rings. The van der Waals surface area contributed by atoms with Gasteiger partial charge in [0.25, 0.3) is 0 Å². The molecule has 2 aromatic carbocycles. The summed E-state index contributed by atoms with van der Waals surface area (Å²) in [4.78, 5) is 35.7. The lowest BCUT2D eigenvalue weighted by molar-refractivity contribution is -0.385. The number of aliphatic hydroxyl groups is 1. The van der Waals surface area contributed by atoms with Gasteiger partial charge in [-0.15, -0.1) is 0 Å². The largest absolute Gasteiger partial charge is 0.511 e. The number of Topliss-reactive ketones (excluding diaryl/α,β-unsaturated/α-hetero) is 2. The van der Waals surface area contributed by atoms with Crippen LogP contribution in [0.25, 0.3) is 0 Å². The van der Waals surface area contributed by atoms with Gasteiger partial charge in [0.15, 0.2) is 5.78 Å². The SMILES string of the molecule is O=C1CCCC(O)=C1C(=O)c1cccc(Oc2ccc(Cl)cc2)c1[N+](=O)[O-]. The Kier molecular flexibility index (Phi) is 5.23. The van der Waals surface area contributed by atoms with Crippen molar-refractivity contribution >= 4 is 28.9 Å². The van der Waals surface area contributed by atoms with Crippen molar-refractivity contribution < 1.29 is 24.4 Å². The van der Waals surface area contributed by atoms with Crippen molar-refractivity contribution in [2.45, 2.75) is 19.3 Å². The molecule has 0 saturated heterocycles. The molecule has 0 atom stereocenters. The number of nitro benzene ring substituents is 1. The summed E-state index contributed by atoms with van der Waals surface area (Å²) in [5.74, 6) is -1.61. The monoisotopic (exact) mass is 387 g/mol. The maximum Gasteiger partial charge on any atom is 0.322 e. The number of rotatable bonds is 5. The molecule has 0 amide bonds. The number of hydrogen-bond acceptors (Lipinski definition) is 6. The second kappa shape index (κ2) is 7.59. The summed E-state index contributed by atoms with van der Waals surface area (Å²) in [5.41, 5.74) is -1.28. The molecule has 8 heteroatoms. The fourth-order valence-corrected chi connectivity index (χ4v) is 2.95. The summed E-state index contributed by atoms with van der Waals surface area (Å²) in [6.45, 7) is 0. The van der Waals surface area contributed by atoms with Crippen molar-refractivity contribution in [1.29, 1.82) is 0 Å². The number of nitrogens with zero attached hydrogens (tertiary/aromatic N) is 1. The Bertz CT molecular complexity index is 965. The third-order valence-corrected chi connectivity index (χ3v) is 4.33. The van der Waals surface area contributed by atoms with E-state index in [2.05, 4.69) is 0 Å². The first-order valence-corrected chi connectivity index (χ1v) is 8.47. The van der Waals surface area contributed by atoms with E-state index in [9.17, 15) is 24.8 Å². The molecule has 0 aliphatic heterocycles.